The number of rotatable bonds is 3. The Labute approximate surface area is 236 Å². The first-order chi connectivity index (χ1) is 18.9. The minimum Gasteiger partial charge on any atom is -0.503 e. The van der Waals surface area contributed by atoms with Crippen LogP contribution in [0.2, 0.25) is 10.0 Å². The van der Waals surface area contributed by atoms with E-state index in [4.69, 9.17) is 27.9 Å². The van der Waals surface area contributed by atoms with Crippen LogP contribution in [0.3, 0.4) is 0 Å². The largest absolute Gasteiger partial charge is 0.503 e. The van der Waals surface area contributed by atoms with Crippen LogP contribution in [0, 0.1) is 17.2 Å². The SMILES string of the molecule is COc1cc([C@H]2C3=CCn4c(=O)n(C)c(=O)n4[C@@H]3C[C@H]3C(=O)N(c4ccc(F)c(Cl)c4)C(=O)[C@@]23C)cc(Cl)c1O. The molecule has 4 atom stereocenters. The molecular formula is C27H23Cl2FN4O6. The lowest BCUT2D eigenvalue weighted by atomic mass is 9.56. The number of halogens is 3. The molecule has 2 amide bonds. The highest BCUT2D eigenvalue weighted by molar-refractivity contribution is 6.32. The van der Waals surface area contributed by atoms with Gasteiger partial charge in [0.2, 0.25) is 11.8 Å². The van der Waals surface area contributed by atoms with Gasteiger partial charge in [0.15, 0.2) is 11.5 Å². The molecule has 208 valence electrons. The van der Waals surface area contributed by atoms with Gasteiger partial charge in [-0.05, 0) is 54.8 Å². The number of hydrogen-bond donors (Lipinski definition) is 1. The summed E-state index contributed by atoms with van der Waals surface area (Å²) in [6, 6.07) is 5.91. The van der Waals surface area contributed by atoms with Crippen molar-refractivity contribution in [2.45, 2.75) is 31.8 Å². The molecule has 0 radical (unpaired) electrons. The average molecular weight is 589 g/mol. The number of fused-ring (bicyclic) bond motifs is 4. The highest BCUT2D eigenvalue weighted by Gasteiger charge is 2.65. The number of phenols is 1. The van der Waals surface area contributed by atoms with E-state index >= 15 is 0 Å². The smallest absolute Gasteiger partial charge is 0.347 e. The minimum absolute atomic E-state index is 0.0271. The Kier molecular flexibility index (Phi) is 5.83. The number of aromatic hydroxyl groups is 1. The van der Waals surface area contributed by atoms with Gasteiger partial charge in [-0.25, -0.2) is 32.8 Å². The molecule has 1 N–H and O–H groups in total. The Morgan fingerprint density at radius 3 is 2.48 bits per heavy atom. The van der Waals surface area contributed by atoms with Gasteiger partial charge in [0.05, 0.1) is 46.8 Å². The van der Waals surface area contributed by atoms with Crippen molar-refractivity contribution in [3.63, 3.8) is 0 Å². The lowest BCUT2D eigenvalue weighted by Crippen LogP contribution is -2.49. The van der Waals surface area contributed by atoms with Gasteiger partial charge < -0.3 is 9.84 Å². The van der Waals surface area contributed by atoms with Crippen LogP contribution in [0.15, 0.2) is 51.6 Å². The highest BCUT2D eigenvalue weighted by atomic mass is 35.5. The summed E-state index contributed by atoms with van der Waals surface area (Å²) in [5, 5.41) is 10.1. The normalized spacial score (nSPS) is 25.4. The molecule has 0 unspecified atom stereocenters. The second kappa shape index (κ2) is 8.84. The fraction of sp³-hybridized carbons (Fsp3) is 0.333. The van der Waals surface area contributed by atoms with Crippen LogP contribution in [0.1, 0.15) is 30.9 Å². The van der Waals surface area contributed by atoms with Gasteiger partial charge in [-0.15, -0.1) is 0 Å². The molecule has 1 aromatic heterocycles. The Balaban J connectivity index is 1.61. The van der Waals surface area contributed by atoms with E-state index < -0.39 is 52.3 Å². The van der Waals surface area contributed by atoms with E-state index in [9.17, 15) is 28.7 Å². The molecule has 2 aliphatic heterocycles. The molecule has 3 aromatic rings. The van der Waals surface area contributed by atoms with Crippen molar-refractivity contribution < 1.29 is 23.8 Å². The second-order valence-corrected chi connectivity index (χ2v) is 11.2. The van der Waals surface area contributed by atoms with Crippen molar-refractivity contribution in [3.8, 4) is 11.5 Å². The molecule has 3 heterocycles. The predicted octanol–water partition coefficient (Wildman–Crippen LogP) is 3.37. The average Bonchev–Trinajstić information content (AvgIpc) is 3.26. The first kappa shape index (κ1) is 26.4. The fourth-order valence-corrected chi connectivity index (χ4v) is 6.95. The molecular weight excluding hydrogens is 566 g/mol. The quantitative estimate of drug-likeness (QED) is 0.370. The van der Waals surface area contributed by atoms with Crippen molar-refractivity contribution in [2.75, 3.05) is 12.0 Å². The molecule has 1 saturated heterocycles. The van der Waals surface area contributed by atoms with E-state index in [0.29, 0.717) is 11.1 Å². The van der Waals surface area contributed by atoms with Crippen molar-refractivity contribution >= 4 is 40.7 Å². The number of methoxy groups -OCH3 is 1. The monoisotopic (exact) mass is 588 g/mol. The number of ether oxygens (including phenoxy) is 1. The third-order valence-corrected chi connectivity index (χ3v) is 9.07. The Morgan fingerprint density at radius 1 is 1.07 bits per heavy atom. The molecule has 0 spiro atoms. The lowest BCUT2D eigenvalue weighted by Gasteiger charge is -2.47. The summed E-state index contributed by atoms with van der Waals surface area (Å²) in [5.41, 5.74) is -1.20. The molecule has 2 aromatic carbocycles. The van der Waals surface area contributed by atoms with Gasteiger partial charge in [0, 0.05) is 13.0 Å². The standard InChI is InChI=1S/C27H23Cl2FN4O6/c1-27-15(23(36)33(24(27)37)13-4-5-18(30)16(28)10-13)11-19-14(6-7-32-25(38)31(2)26(39)34(19)32)21(27)12-8-17(29)22(35)20(9-12)40-3/h4-6,8-10,15,19,21,35H,7,11H2,1-3H3/t15-,19+,21-,27+/m0/s1. The van der Waals surface area contributed by atoms with E-state index in [0.717, 1.165) is 15.5 Å². The zero-order valence-electron chi connectivity index (χ0n) is 21.5. The maximum atomic E-state index is 14.3. The first-order valence-corrected chi connectivity index (χ1v) is 13.2. The van der Waals surface area contributed by atoms with Crippen LogP contribution in [0.4, 0.5) is 10.1 Å². The van der Waals surface area contributed by atoms with Crippen LogP contribution < -0.4 is 21.0 Å². The lowest BCUT2D eigenvalue weighted by molar-refractivity contribution is -0.129. The Morgan fingerprint density at radius 2 is 1.80 bits per heavy atom. The van der Waals surface area contributed by atoms with Crippen LogP contribution in [-0.2, 0) is 23.2 Å². The third-order valence-electron chi connectivity index (χ3n) is 8.49. The van der Waals surface area contributed by atoms with E-state index in [1.807, 2.05) is 0 Å². The predicted molar refractivity (Wildman–Crippen MR) is 144 cm³/mol. The van der Waals surface area contributed by atoms with Crippen molar-refractivity contribution in [2.24, 2.45) is 18.4 Å². The summed E-state index contributed by atoms with van der Waals surface area (Å²) in [5.74, 6) is -3.76. The van der Waals surface area contributed by atoms with Gasteiger partial charge in [-0.1, -0.05) is 29.3 Å². The molecule has 6 rings (SSSR count). The number of carbonyl (C=O) groups excluding carboxylic acids is 2. The van der Waals surface area contributed by atoms with E-state index in [1.54, 1.807) is 19.1 Å². The van der Waals surface area contributed by atoms with Gasteiger partial charge >= 0.3 is 11.4 Å². The van der Waals surface area contributed by atoms with Crippen molar-refractivity contribution in [1.82, 2.24) is 13.9 Å². The summed E-state index contributed by atoms with van der Waals surface area (Å²) in [6.45, 7) is 1.74. The second-order valence-electron chi connectivity index (χ2n) is 10.4. The summed E-state index contributed by atoms with van der Waals surface area (Å²) in [7, 11) is 2.73. The number of benzene rings is 2. The van der Waals surface area contributed by atoms with Gasteiger partial charge in [0.1, 0.15) is 5.82 Å². The molecule has 10 nitrogen and oxygen atoms in total. The number of allylic oxidation sites excluding steroid dienone is 2. The molecule has 13 heteroatoms. The van der Waals surface area contributed by atoms with Gasteiger partial charge in [0.25, 0.3) is 0 Å². The fourth-order valence-electron chi connectivity index (χ4n) is 6.55. The molecule has 3 aliphatic rings. The summed E-state index contributed by atoms with van der Waals surface area (Å²) in [4.78, 5) is 55.3. The maximum Gasteiger partial charge on any atom is 0.347 e. The minimum atomic E-state index is -1.38. The number of nitrogens with zero attached hydrogens (tertiary/aromatic N) is 4. The number of amides is 2. The topological polar surface area (TPSA) is 116 Å². The van der Waals surface area contributed by atoms with Crippen molar-refractivity contribution in [3.05, 3.63) is 84.4 Å². The van der Waals surface area contributed by atoms with Crippen LogP contribution in [0.5, 0.6) is 11.5 Å². The Bertz CT molecular complexity index is 1790. The van der Waals surface area contributed by atoms with Crippen molar-refractivity contribution in [1.29, 1.82) is 0 Å². The van der Waals surface area contributed by atoms with Crippen LogP contribution >= 0.6 is 23.2 Å². The zero-order chi connectivity index (χ0) is 28.8. The number of hydrogen-bond acceptors (Lipinski definition) is 6. The number of phenolic OH excluding ortho intramolecular Hbond substituents is 1. The molecule has 1 saturated carbocycles. The number of carbonyl (C=O) groups is 2. The van der Waals surface area contributed by atoms with Crippen LogP contribution in [0.25, 0.3) is 0 Å². The molecule has 0 bridgehead atoms. The van der Waals surface area contributed by atoms with E-state index in [2.05, 4.69) is 0 Å². The van der Waals surface area contributed by atoms with E-state index in [1.165, 1.54) is 41.7 Å². The van der Waals surface area contributed by atoms with Gasteiger partial charge in [-0.2, -0.15) is 0 Å². The molecule has 40 heavy (non-hydrogen) atoms. The van der Waals surface area contributed by atoms with Gasteiger partial charge in [-0.3, -0.25) is 9.59 Å². The number of aromatic nitrogens is 3. The summed E-state index contributed by atoms with van der Waals surface area (Å²) < 4.78 is 22.9. The highest BCUT2D eigenvalue weighted by Crippen LogP contribution is 2.62. The summed E-state index contributed by atoms with van der Waals surface area (Å²) >= 11 is 12.4. The summed E-state index contributed by atoms with van der Waals surface area (Å²) in [6.07, 6.45) is 1.85. The Hall–Kier alpha value is -3.83. The maximum absolute atomic E-state index is 14.3. The van der Waals surface area contributed by atoms with Crippen LogP contribution in [-0.4, -0.2) is 38.0 Å². The van der Waals surface area contributed by atoms with E-state index in [-0.39, 0.29) is 40.2 Å². The zero-order valence-corrected chi connectivity index (χ0v) is 23.0. The third kappa shape index (κ3) is 3.34. The number of anilines is 1. The number of imide groups is 1. The first-order valence-electron chi connectivity index (χ1n) is 12.4. The molecule has 1 aliphatic carbocycles. The molecule has 2 fully saturated rings.